The molecule has 2 amide bonds. The van der Waals surface area contributed by atoms with Gasteiger partial charge in [0.05, 0.1) is 7.11 Å². The number of benzene rings is 1. The van der Waals surface area contributed by atoms with E-state index in [0.717, 1.165) is 17.9 Å². The number of hydrogen-bond acceptors (Lipinski definition) is 2. The highest BCUT2D eigenvalue weighted by Crippen LogP contribution is 2.22. The van der Waals surface area contributed by atoms with E-state index in [4.69, 9.17) is 4.74 Å². The second-order valence-corrected chi connectivity index (χ2v) is 5.42. The summed E-state index contributed by atoms with van der Waals surface area (Å²) in [6, 6.07) is 7.64. The van der Waals surface area contributed by atoms with Crippen LogP contribution in [0.1, 0.15) is 37.7 Å². The predicted octanol–water partition coefficient (Wildman–Crippen LogP) is 3.07. The summed E-state index contributed by atoms with van der Waals surface area (Å²) >= 11 is 0. The van der Waals surface area contributed by atoms with Gasteiger partial charge < -0.3 is 15.4 Å². The second-order valence-electron chi connectivity index (χ2n) is 5.42. The molecule has 1 aromatic rings. The van der Waals surface area contributed by atoms with Gasteiger partial charge in [0.25, 0.3) is 0 Å². The fourth-order valence-corrected chi connectivity index (χ4v) is 2.62. The van der Waals surface area contributed by atoms with E-state index >= 15 is 0 Å². The zero-order chi connectivity index (χ0) is 14.2. The van der Waals surface area contributed by atoms with E-state index in [1.807, 2.05) is 24.3 Å². The van der Waals surface area contributed by atoms with Gasteiger partial charge in [0.15, 0.2) is 0 Å². The van der Waals surface area contributed by atoms with Crippen molar-refractivity contribution in [2.45, 2.75) is 38.6 Å². The third-order valence-corrected chi connectivity index (χ3v) is 3.89. The summed E-state index contributed by atoms with van der Waals surface area (Å²) < 4.78 is 5.10. The third-order valence-electron chi connectivity index (χ3n) is 3.89. The van der Waals surface area contributed by atoms with Crippen LogP contribution < -0.4 is 15.4 Å². The molecular formula is C16H24N2O2. The summed E-state index contributed by atoms with van der Waals surface area (Å²) in [6.07, 6.45) is 6.46. The Bertz CT molecular complexity index is 411. The van der Waals surface area contributed by atoms with Gasteiger partial charge in [-0.15, -0.1) is 0 Å². The summed E-state index contributed by atoms with van der Waals surface area (Å²) in [5, 5.41) is 5.86. The van der Waals surface area contributed by atoms with Crippen molar-refractivity contribution in [3.05, 3.63) is 29.8 Å². The van der Waals surface area contributed by atoms with Crippen LogP contribution in [0.2, 0.25) is 0 Å². The van der Waals surface area contributed by atoms with Crippen LogP contribution in [-0.4, -0.2) is 19.7 Å². The monoisotopic (exact) mass is 276 g/mol. The summed E-state index contributed by atoms with van der Waals surface area (Å²) in [6.45, 7) is 1.34. The van der Waals surface area contributed by atoms with Crippen LogP contribution >= 0.6 is 0 Å². The quantitative estimate of drug-likeness (QED) is 0.868. The molecule has 0 bridgehead atoms. The van der Waals surface area contributed by atoms with Crippen LogP contribution in [0.15, 0.2) is 24.3 Å². The minimum Gasteiger partial charge on any atom is -0.497 e. The Balaban J connectivity index is 1.66. The summed E-state index contributed by atoms with van der Waals surface area (Å²) in [5.41, 5.74) is 1.07. The van der Waals surface area contributed by atoms with Crippen LogP contribution in [0.3, 0.4) is 0 Å². The van der Waals surface area contributed by atoms with E-state index in [-0.39, 0.29) is 6.03 Å². The van der Waals surface area contributed by atoms with Crippen molar-refractivity contribution in [2.75, 3.05) is 13.7 Å². The number of ether oxygens (including phenoxy) is 1. The van der Waals surface area contributed by atoms with Gasteiger partial charge in [0.2, 0.25) is 0 Å². The van der Waals surface area contributed by atoms with E-state index < -0.39 is 0 Å². The van der Waals surface area contributed by atoms with Crippen LogP contribution in [0.5, 0.6) is 5.75 Å². The number of hydrogen-bond donors (Lipinski definition) is 2. The molecule has 110 valence electrons. The standard InChI is InChI=1S/C16H24N2O2/c1-20-15-9-7-14(8-10-15)12-18-16(19)17-11-13-5-3-2-4-6-13/h7-10,13H,2-6,11-12H2,1H3,(H2,17,18,19). The van der Waals surface area contributed by atoms with Crippen LogP contribution in [0.25, 0.3) is 0 Å². The summed E-state index contributed by atoms with van der Waals surface area (Å²) in [7, 11) is 1.64. The minimum atomic E-state index is -0.0774. The first kappa shape index (κ1) is 14.7. The maximum Gasteiger partial charge on any atom is 0.315 e. The number of methoxy groups -OCH3 is 1. The lowest BCUT2D eigenvalue weighted by atomic mass is 9.89. The molecule has 1 saturated carbocycles. The lowest BCUT2D eigenvalue weighted by Crippen LogP contribution is -2.38. The molecule has 1 aliphatic carbocycles. The van der Waals surface area contributed by atoms with E-state index in [1.54, 1.807) is 7.11 Å². The Kier molecular flexibility index (Phi) is 5.71. The van der Waals surface area contributed by atoms with E-state index in [9.17, 15) is 4.79 Å². The van der Waals surface area contributed by atoms with E-state index in [0.29, 0.717) is 12.5 Å². The van der Waals surface area contributed by atoms with Gasteiger partial charge in [0.1, 0.15) is 5.75 Å². The van der Waals surface area contributed by atoms with Gasteiger partial charge in [-0.05, 0) is 36.5 Å². The van der Waals surface area contributed by atoms with Crippen molar-refractivity contribution >= 4 is 6.03 Å². The van der Waals surface area contributed by atoms with Gasteiger partial charge >= 0.3 is 6.03 Å². The molecule has 2 N–H and O–H groups in total. The van der Waals surface area contributed by atoms with E-state index in [2.05, 4.69) is 10.6 Å². The Morgan fingerprint density at radius 1 is 1.15 bits per heavy atom. The first-order valence-electron chi connectivity index (χ1n) is 7.42. The zero-order valence-electron chi connectivity index (χ0n) is 12.2. The summed E-state index contributed by atoms with van der Waals surface area (Å²) in [5.74, 6) is 1.49. The predicted molar refractivity (Wildman–Crippen MR) is 79.8 cm³/mol. The highest BCUT2D eigenvalue weighted by molar-refractivity contribution is 5.73. The van der Waals surface area contributed by atoms with Crippen LogP contribution in [0.4, 0.5) is 4.79 Å². The molecule has 1 fully saturated rings. The highest BCUT2D eigenvalue weighted by Gasteiger charge is 2.13. The second kappa shape index (κ2) is 7.78. The molecule has 4 nitrogen and oxygen atoms in total. The molecule has 0 aliphatic heterocycles. The molecule has 0 spiro atoms. The van der Waals surface area contributed by atoms with Gasteiger partial charge in [0, 0.05) is 13.1 Å². The van der Waals surface area contributed by atoms with Gasteiger partial charge in [-0.1, -0.05) is 31.4 Å². The maximum atomic E-state index is 11.7. The number of nitrogens with one attached hydrogen (secondary N) is 2. The Morgan fingerprint density at radius 3 is 2.50 bits per heavy atom. The molecule has 20 heavy (non-hydrogen) atoms. The lowest BCUT2D eigenvalue weighted by Gasteiger charge is -2.21. The molecule has 1 aliphatic rings. The Labute approximate surface area is 120 Å². The molecule has 0 aromatic heterocycles. The molecular weight excluding hydrogens is 252 g/mol. The van der Waals surface area contributed by atoms with Crippen molar-refractivity contribution in [3.63, 3.8) is 0 Å². The normalized spacial score (nSPS) is 15.7. The van der Waals surface area contributed by atoms with Crippen molar-refractivity contribution in [1.82, 2.24) is 10.6 Å². The third kappa shape index (κ3) is 4.76. The average Bonchev–Trinajstić information content (AvgIpc) is 2.52. The van der Waals surface area contributed by atoms with Crippen LogP contribution in [0, 0.1) is 5.92 Å². The fourth-order valence-electron chi connectivity index (χ4n) is 2.62. The SMILES string of the molecule is COc1ccc(CNC(=O)NCC2CCCCC2)cc1. The lowest BCUT2D eigenvalue weighted by molar-refractivity contribution is 0.236. The maximum absolute atomic E-state index is 11.7. The van der Waals surface area contributed by atoms with Crippen molar-refractivity contribution in [2.24, 2.45) is 5.92 Å². The van der Waals surface area contributed by atoms with Gasteiger partial charge in [-0.2, -0.15) is 0 Å². The van der Waals surface area contributed by atoms with Crippen molar-refractivity contribution < 1.29 is 9.53 Å². The summed E-state index contributed by atoms with van der Waals surface area (Å²) in [4.78, 5) is 11.7. The Morgan fingerprint density at radius 2 is 1.85 bits per heavy atom. The molecule has 4 heteroatoms. The molecule has 0 heterocycles. The molecule has 0 saturated heterocycles. The number of carbonyl (C=O) groups excluding carboxylic acids is 1. The average molecular weight is 276 g/mol. The number of urea groups is 1. The topological polar surface area (TPSA) is 50.4 Å². The molecule has 0 unspecified atom stereocenters. The molecule has 2 rings (SSSR count). The molecule has 0 radical (unpaired) electrons. The minimum absolute atomic E-state index is 0.0774. The molecule has 1 aromatic carbocycles. The number of rotatable bonds is 5. The first-order valence-corrected chi connectivity index (χ1v) is 7.42. The number of carbonyl (C=O) groups is 1. The van der Waals surface area contributed by atoms with Crippen molar-refractivity contribution in [1.29, 1.82) is 0 Å². The van der Waals surface area contributed by atoms with Gasteiger partial charge in [-0.3, -0.25) is 0 Å². The molecule has 0 atom stereocenters. The van der Waals surface area contributed by atoms with Crippen LogP contribution in [-0.2, 0) is 6.54 Å². The highest BCUT2D eigenvalue weighted by atomic mass is 16.5. The zero-order valence-corrected chi connectivity index (χ0v) is 12.2. The van der Waals surface area contributed by atoms with Crippen molar-refractivity contribution in [3.8, 4) is 5.75 Å². The largest absolute Gasteiger partial charge is 0.497 e. The van der Waals surface area contributed by atoms with Gasteiger partial charge in [-0.25, -0.2) is 4.79 Å². The fraction of sp³-hybridized carbons (Fsp3) is 0.562. The number of amides is 2. The first-order chi connectivity index (χ1) is 9.78. The smallest absolute Gasteiger partial charge is 0.315 e. The Hall–Kier alpha value is -1.71. The van der Waals surface area contributed by atoms with E-state index in [1.165, 1.54) is 32.1 Å².